The quantitative estimate of drug-likeness (QED) is 0.729. The molecule has 0 unspecified atom stereocenters. The molecule has 0 saturated heterocycles. The highest BCUT2D eigenvalue weighted by atomic mass is 32.2. The fourth-order valence-electron chi connectivity index (χ4n) is 2.24. The van der Waals surface area contributed by atoms with Gasteiger partial charge < -0.3 is 0 Å². The number of carbonyl (C=O) groups is 1. The first-order chi connectivity index (χ1) is 11.3. The van der Waals surface area contributed by atoms with Crippen LogP contribution in [0.25, 0.3) is 0 Å². The molecule has 0 atom stereocenters. The Bertz CT molecular complexity index is 963. The standard InChI is InChI=1S/C14H18N2O7S2/c1-4-14(2,3)12-8-13(17)16(15-12)10-7-9(24(18,19)20)5-6-11(10)25(21,22)23/h5-7H,4,8H2,1-3H3,(H,18,19,20)(H,21,22,23). The Labute approximate surface area is 145 Å². The van der Waals surface area contributed by atoms with Crippen molar-refractivity contribution in [2.75, 3.05) is 5.01 Å². The fraction of sp³-hybridized carbons (Fsp3) is 0.429. The number of amides is 1. The number of hydrogen-bond acceptors (Lipinski definition) is 6. The number of nitrogens with zero attached hydrogens (tertiary/aromatic N) is 2. The maximum absolute atomic E-state index is 12.3. The largest absolute Gasteiger partial charge is 0.296 e. The average molecular weight is 390 g/mol. The van der Waals surface area contributed by atoms with E-state index < -0.39 is 47.0 Å². The number of hydrogen-bond donors (Lipinski definition) is 2. The summed E-state index contributed by atoms with van der Waals surface area (Å²) in [5, 5.41) is 4.87. The second kappa shape index (κ2) is 6.16. The molecule has 0 aliphatic carbocycles. The molecule has 0 spiro atoms. The molecule has 0 fully saturated rings. The zero-order valence-corrected chi connectivity index (χ0v) is 15.4. The number of benzene rings is 1. The summed E-state index contributed by atoms with van der Waals surface area (Å²) < 4.78 is 64.3. The lowest BCUT2D eigenvalue weighted by molar-refractivity contribution is -0.117. The number of anilines is 1. The van der Waals surface area contributed by atoms with Crippen LogP contribution in [-0.4, -0.2) is 37.6 Å². The van der Waals surface area contributed by atoms with E-state index in [1.165, 1.54) is 0 Å². The minimum atomic E-state index is -4.75. The van der Waals surface area contributed by atoms with Gasteiger partial charge >= 0.3 is 0 Å². The van der Waals surface area contributed by atoms with Crippen molar-refractivity contribution >= 4 is 37.5 Å². The van der Waals surface area contributed by atoms with Crippen molar-refractivity contribution in [3.05, 3.63) is 18.2 Å². The first-order valence-corrected chi connectivity index (χ1v) is 10.2. The molecular formula is C14H18N2O7S2. The fourth-order valence-corrected chi connectivity index (χ4v) is 3.39. The minimum Gasteiger partial charge on any atom is -0.282 e. The van der Waals surface area contributed by atoms with Gasteiger partial charge in [-0.2, -0.15) is 26.9 Å². The molecule has 0 radical (unpaired) electrons. The highest BCUT2D eigenvalue weighted by molar-refractivity contribution is 7.86. The van der Waals surface area contributed by atoms with E-state index in [1.807, 2.05) is 20.8 Å². The summed E-state index contributed by atoms with van der Waals surface area (Å²) in [5.74, 6) is -0.575. The summed E-state index contributed by atoms with van der Waals surface area (Å²) in [5.41, 5.74) is -0.369. The van der Waals surface area contributed by atoms with Crippen molar-refractivity contribution in [1.29, 1.82) is 0 Å². The van der Waals surface area contributed by atoms with Crippen molar-refractivity contribution in [2.24, 2.45) is 10.5 Å². The molecular weight excluding hydrogens is 372 g/mol. The summed E-state index contributed by atoms with van der Waals surface area (Å²) in [4.78, 5) is 11.0. The van der Waals surface area contributed by atoms with Crippen LogP contribution in [0, 0.1) is 5.41 Å². The van der Waals surface area contributed by atoms with E-state index >= 15 is 0 Å². The predicted octanol–water partition coefficient (Wildman–Crippen LogP) is 1.71. The van der Waals surface area contributed by atoms with E-state index in [-0.39, 0.29) is 6.42 Å². The first-order valence-electron chi connectivity index (χ1n) is 7.27. The Morgan fingerprint density at radius 2 is 1.76 bits per heavy atom. The first kappa shape index (κ1) is 19.5. The molecule has 0 aromatic heterocycles. The molecule has 1 aromatic rings. The van der Waals surface area contributed by atoms with Crippen molar-refractivity contribution in [2.45, 2.75) is 43.4 Å². The maximum Gasteiger partial charge on any atom is 0.296 e. The maximum atomic E-state index is 12.3. The van der Waals surface area contributed by atoms with Crippen molar-refractivity contribution in [1.82, 2.24) is 0 Å². The van der Waals surface area contributed by atoms with Crippen molar-refractivity contribution in [3.63, 3.8) is 0 Å². The van der Waals surface area contributed by atoms with Crippen LogP contribution < -0.4 is 5.01 Å². The van der Waals surface area contributed by atoms with Crippen LogP contribution in [0.15, 0.2) is 33.1 Å². The zero-order chi connectivity index (χ0) is 19.2. The normalized spacial score (nSPS) is 16.3. The van der Waals surface area contributed by atoms with Crippen molar-refractivity contribution < 1.29 is 30.7 Å². The van der Waals surface area contributed by atoms with E-state index in [2.05, 4.69) is 5.10 Å². The van der Waals surface area contributed by atoms with Gasteiger partial charge in [0.2, 0.25) is 0 Å². The van der Waals surface area contributed by atoms with Crippen LogP contribution in [0.4, 0.5) is 5.69 Å². The third-order valence-corrected chi connectivity index (χ3v) is 5.93. The molecule has 0 bridgehead atoms. The summed E-state index contributed by atoms with van der Waals surface area (Å²) in [6.07, 6.45) is 0.602. The Balaban J connectivity index is 2.70. The van der Waals surface area contributed by atoms with Crippen LogP contribution in [0.1, 0.15) is 33.6 Å². The molecule has 138 valence electrons. The predicted molar refractivity (Wildman–Crippen MR) is 89.7 cm³/mol. The SMILES string of the molecule is CCC(C)(C)C1=NN(c2cc(S(=O)(=O)O)ccc2S(=O)(=O)O)C(=O)C1. The summed E-state index contributed by atoms with van der Waals surface area (Å²) in [7, 11) is -9.40. The van der Waals surface area contributed by atoms with Crippen molar-refractivity contribution in [3.8, 4) is 0 Å². The Morgan fingerprint density at radius 3 is 2.24 bits per heavy atom. The monoisotopic (exact) mass is 390 g/mol. The second-order valence-electron chi connectivity index (χ2n) is 6.25. The number of hydrazone groups is 1. The highest BCUT2D eigenvalue weighted by Gasteiger charge is 2.36. The summed E-state index contributed by atoms with van der Waals surface area (Å²) in [6, 6.07) is 2.38. The van der Waals surface area contributed by atoms with Gasteiger partial charge in [0.1, 0.15) is 4.90 Å². The van der Waals surface area contributed by atoms with Crippen LogP contribution in [0.2, 0.25) is 0 Å². The van der Waals surface area contributed by atoms with E-state index in [4.69, 9.17) is 4.55 Å². The van der Waals surface area contributed by atoms with E-state index in [0.717, 1.165) is 23.2 Å². The molecule has 0 saturated carbocycles. The summed E-state index contributed by atoms with van der Waals surface area (Å²) >= 11 is 0. The van der Waals surface area contributed by atoms with E-state index in [9.17, 15) is 26.2 Å². The van der Waals surface area contributed by atoms with Crippen LogP contribution in [0.5, 0.6) is 0 Å². The van der Waals surface area contributed by atoms with Crippen LogP contribution in [0.3, 0.4) is 0 Å². The number of carbonyl (C=O) groups excluding carboxylic acids is 1. The van der Waals surface area contributed by atoms with Gasteiger partial charge in [-0.15, -0.1) is 0 Å². The lowest BCUT2D eigenvalue weighted by atomic mass is 9.83. The Hall–Kier alpha value is -1.82. The second-order valence-corrected chi connectivity index (χ2v) is 9.06. The molecule has 1 heterocycles. The highest BCUT2D eigenvalue weighted by Crippen LogP contribution is 2.34. The molecule has 1 aromatic carbocycles. The lowest BCUT2D eigenvalue weighted by Crippen LogP contribution is -2.23. The minimum absolute atomic E-state index is 0.0676. The van der Waals surface area contributed by atoms with Crippen LogP contribution >= 0.6 is 0 Å². The average Bonchev–Trinajstić information content (AvgIpc) is 2.87. The van der Waals surface area contributed by atoms with Gasteiger partial charge in [0.05, 0.1) is 22.7 Å². The van der Waals surface area contributed by atoms with Gasteiger partial charge in [-0.05, 0) is 24.6 Å². The topological polar surface area (TPSA) is 141 Å². The van der Waals surface area contributed by atoms with E-state index in [0.29, 0.717) is 12.1 Å². The summed E-state index contributed by atoms with van der Waals surface area (Å²) in [6.45, 7) is 5.63. The molecule has 1 aliphatic heterocycles. The van der Waals surface area contributed by atoms with Gasteiger partial charge in [0.15, 0.2) is 0 Å². The van der Waals surface area contributed by atoms with Gasteiger partial charge in [0.25, 0.3) is 26.1 Å². The Morgan fingerprint density at radius 1 is 1.16 bits per heavy atom. The third-order valence-electron chi connectivity index (χ3n) is 4.18. The molecule has 2 N–H and O–H groups in total. The molecule has 2 rings (SSSR count). The molecule has 1 amide bonds. The number of rotatable bonds is 5. The Kier molecular flexibility index (Phi) is 4.81. The zero-order valence-electron chi connectivity index (χ0n) is 13.8. The lowest BCUT2D eigenvalue weighted by Gasteiger charge is -2.21. The van der Waals surface area contributed by atoms with Crippen LogP contribution in [-0.2, 0) is 25.0 Å². The van der Waals surface area contributed by atoms with Gasteiger partial charge in [-0.3, -0.25) is 13.9 Å². The molecule has 1 aliphatic rings. The van der Waals surface area contributed by atoms with E-state index in [1.54, 1.807) is 0 Å². The third kappa shape index (κ3) is 3.89. The van der Waals surface area contributed by atoms with Gasteiger partial charge in [-0.1, -0.05) is 20.8 Å². The smallest absolute Gasteiger partial charge is 0.282 e. The molecule has 9 nitrogen and oxygen atoms in total. The van der Waals surface area contributed by atoms with Gasteiger partial charge in [0, 0.05) is 5.41 Å². The van der Waals surface area contributed by atoms with Gasteiger partial charge in [-0.25, -0.2) is 0 Å². The molecule has 25 heavy (non-hydrogen) atoms. The molecule has 11 heteroatoms.